The number of piperidine rings is 1. The second kappa shape index (κ2) is 9.55. The van der Waals surface area contributed by atoms with Crippen molar-refractivity contribution in [3.8, 4) is 0 Å². The summed E-state index contributed by atoms with van der Waals surface area (Å²) in [5.74, 6) is 0.0777. The highest BCUT2D eigenvalue weighted by molar-refractivity contribution is 7.18. The number of hydrogen-bond donors (Lipinski definition) is 1. The molecule has 148 valence electrons. The number of halogens is 1. The molecule has 3 heterocycles. The average Bonchev–Trinajstić information content (AvgIpc) is 3.33. The molecule has 3 rings (SSSR count). The summed E-state index contributed by atoms with van der Waals surface area (Å²) in [5, 5.41) is 7.08. The maximum absolute atomic E-state index is 12.7. The number of thiophene rings is 1. The molecule has 2 amide bonds. The number of carbonyl (C=O) groups excluding carboxylic acids is 2. The summed E-state index contributed by atoms with van der Waals surface area (Å²) in [6.07, 6.45) is 4.60. The Morgan fingerprint density at radius 3 is 2.78 bits per heavy atom. The predicted molar refractivity (Wildman–Crippen MR) is 107 cm³/mol. The van der Waals surface area contributed by atoms with Gasteiger partial charge in [-0.05, 0) is 31.4 Å². The van der Waals surface area contributed by atoms with Crippen molar-refractivity contribution in [3.05, 3.63) is 21.3 Å². The van der Waals surface area contributed by atoms with Crippen LogP contribution >= 0.6 is 22.9 Å². The number of amides is 2. The quantitative estimate of drug-likeness (QED) is 0.698. The van der Waals surface area contributed by atoms with Crippen LogP contribution < -0.4 is 5.32 Å². The Labute approximate surface area is 168 Å². The molecule has 0 aliphatic carbocycles. The topological polar surface area (TPSA) is 71.0 Å². The first kappa shape index (κ1) is 20.1. The van der Waals surface area contributed by atoms with Gasteiger partial charge in [-0.1, -0.05) is 36.5 Å². The predicted octanol–water partition coefficient (Wildman–Crippen LogP) is 3.44. The minimum absolute atomic E-state index is 0.000226. The van der Waals surface area contributed by atoms with Crippen molar-refractivity contribution >= 4 is 40.5 Å². The molecular formula is C19H26ClN3O3S. The van der Waals surface area contributed by atoms with Crippen LogP contribution in [0.5, 0.6) is 0 Å². The van der Waals surface area contributed by atoms with Crippen LogP contribution in [0.15, 0.2) is 17.3 Å². The van der Waals surface area contributed by atoms with Crippen LogP contribution in [0.2, 0.25) is 4.34 Å². The Morgan fingerprint density at radius 1 is 1.33 bits per heavy atom. The van der Waals surface area contributed by atoms with E-state index in [-0.39, 0.29) is 17.7 Å². The van der Waals surface area contributed by atoms with Crippen molar-refractivity contribution < 1.29 is 14.4 Å². The van der Waals surface area contributed by atoms with E-state index in [1.165, 1.54) is 11.3 Å². The van der Waals surface area contributed by atoms with E-state index in [0.717, 1.165) is 36.4 Å². The van der Waals surface area contributed by atoms with Gasteiger partial charge in [-0.3, -0.25) is 9.59 Å². The zero-order chi connectivity index (χ0) is 19.2. The van der Waals surface area contributed by atoms with Crippen LogP contribution in [0, 0.1) is 5.92 Å². The van der Waals surface area contributed by atoms with Crippen molar-refractivity contribution in [2.45, 2.75) is 51.6 Å². The molecule has 0 saturated carbocycles. The van der Waals surface area contributed by atoms with E-state index in [4.69, 9.17) is 16.4 Å². The molecule has 27 heavy (non-hydrogen) atoms. The molecule has 1 atom stereocenters. The lowest BCUT2D eigenvalue weighted by Gasteiger charge is -2.32. The molecule has 1 aromatic rings. The smallest absolute Gasteiger partial charge is 0.266 e. The fourth-order valence-electron chi connectivity index (χ4n) is 3.42. The number of carbonyl (C=O) groups is 2. The summed E-state index contributed by atoms with van der Waals surface area (Å²) < 4.78 is 0.692. The number of nitrogens with one attached hydrogen (secondary N) is 1. The van der Waals surface area contributed by atoms with E-state index in [2.05, 4.69) is 17.4 Å². The van der Waals surface area contributed by atoms with Crippen molar-refractivity contribution in [1.82, 2.24) is 10.2 Å². The molecule has 1 N–H and O–H groups in total. The molecule has 0 spiro atoms. The Kier molecular flexibility index (Phi) is 7.13. The van der Waals surface area contributed by atoms with Gasteiger partial charge in [-0.15, -0.1) is 11.3 Å². The highest BCUT2D eigenvalue weighted by Crippen LogP contribution is 2.27. The van der Waals surface area contributed by atoms with Crippen molar-refractivity contribution in [1.29, 1.82) is 0 Å². The van der Waals surface area contributed by atoms with Gasteiger partial charge in [0.15, 0.2) is 0 Å². The number of likely N-dealkylation sites (tertiary alicyclic amines) is 1. The van der Waals surface area contributed by atoms with Crippen LogP contribution in [0.25, 0.3) is 0 Å². The number of nitrogens with zero attached hydrogens (tertiary/aromatic N) is 2. The van der Waals surface area contributed by atoms with Gasteiger partial charge in [0.25, 0.3) is 5.91 Å². The summed E-state index contributed by atoms with van der Waals surface area (Å²) in [5.41, 5.74) is 0.770. The minimum Gasteiger partial charge on any atom is -0.382 e. The van der Waals surface area contributed by atoms with Crippen LogP contribution in [0.4, 0.5) is 0 Å². The van der Waals surface area contributed by atoms with Gasteiger partial charge >= 0.3 is 0 Å². The van der Waals surface area contributed by atoms with E-state index in [0.29, 0.717) is 36.7 Å². The highest BCUT2D eigenvalue weighted by atomic mass is 35.5. The van der Waals surface area contributed by atoms with Crippen LogP contribution in [-0.2, 0) is 14.4 Å². The normalized spacial score (nSPS) is 20.3. The number of hydrogen-bond acceptors (Lipinski definition) is 5. The first-order valence-corrected chi connectivity index (χ1v) is 10.8. The van der Waals surface area contributed by atoms with Gasteiger partial charge in [-0.25, -0.2) is 0 Å². The lowest BCUT2D eigenvalue weighted by Crippen LogP contribution is -2.46. The van der Waals surface area contributed by atoms with Crippen molar-refractivity contribution in [3.63, 3.8) is 0 Å². The molecule has 1 fully saturated rings. The molecule has 8 heteroatoms. The molecule has 1 aromatic heterocycles. The van der Waals surface area contributed by atoms with Gasteiger partial charge in [0.2, 0.25) is 12.0 Å². The standard InChI is InChI=1S/C19H26ClN3O3S/c1-2-3-4-9-21-18(24)13-7-10-23(11-8-13)19(25)15-12-14(22-26-15)16-5-6-17(20)27-16/h5-6,13,15H,2-4,7-12H2,1H3,(H,21,24). The summed E-state index contributed by atoms with van der Waals surface area (Å²) in [4.78, 5) is 33.0. The molecular weight excluding hydrogens is 386 g/mol. The lowest BCUT2D eigenvalue weighted by atomic mass is 9.95. The first-order chi connectivity index (χ1) is 13.1. The van der Waals surface area contributed by atoms with Crippen LogP contribution in [-0.4, -0.2) is 48.2 Å². The second-order valence-electron chi connectivity index (χ2n) is 7.04. The van der Waals surface area contributed by atoms with E-state index in [9.17, 15) is 9.59 Å². The fraction of sp³-hybridized carbons (Fsp3) is 0.632. The zero-order valence-corrected chi connectivity index (χ0v) is 17.2. The average molecular weight is 412 g/mol. The highest BCUT2D eigenvalue weighted by Gasteiger charge is 2.35. The van der Waals surface area contributed by atoms with E-state index < -0.39 is 6.10 Å². The van der Waals surface area contributed by atoms with E-state index in [1.807, 2.05) is 12.1 Å². The van der Waals surface area contributed by atoms with Gasteiger partial charge in [0.05, 0.1) is 9.21 Å². The lowest BCUT2D eigenvalue weighted by molar-refractivity contribution is -0.144. The fourth-order valence-corrected chi connectivity index (χ4v) is 4.45. The van der Waals surface area contributed by atoms with E-state index in [1.54, 1.807) is 4.90 Å². The van der Waals surface area contributed by atoms with Gasteiger partial charge in [0.1, 0.15) is 5.71 Å². The third kappa shape index (κ3) is 5.23. The van der Waals surface area contributed by atoms with E-state index >= 15 is 0 Å². The number of oxime groups is 1. The molecule has 1 saturated heterocycles. The summed E-state index contributed by atoms with van der Waals surface area (Å²) in [6.45, 7) is 4.07. The van der Waals surface area contributed by atoms with Gasteiger partial charge < -0.3 is 15.1 Å². The van der Waals surface area contributed by atoms with Gasteiger partial charge in [-0.2, -0.15) is 0 Å². The minimum atomic E-state index is -0.569. The molecule has 1 unspecified atom stereocenters. The monoisotopic (exact) mass is 411 g/mol. The first-order valence-electron chi connectivity index (χ1n) is 9.63. The molecule has 0 aromatic carbocycles. The molecule has 0 radical (unpaired) electrons. The summed E-state index contributed by atoms with van der Waals surface area (Å²) in [6, 6.07) is 3.71. The zero-order valence-electron chi connectivity index (χ0n) is 15.6. The Morgan fingerprint density at radius 2 is 2.11 bits per heavy atom. The Hall–Kier alpha value is -1.60. The maximum atomic E-state index is 12.7. The summed E-state index contributed by atoms with van der Waals surface area (Å²) >= 11 is 7.39. The third-order valence-corrected chi connectivity index (χ3v) is 6.34. The van der Waals surface area contributed by atoms with Gasteiger partial charge in [0, 0.05) is 32.0 Å². The third-order valence-electron chi connectivity index (χ3n) is 5.06. The Balaban J connectivity index is 1.42. The van der Waals surface area contributed by atoms with Crippen molar-refractivity contribution in [2.75, 3.05) is 19.6 Å². The SMILES string of the molecule is CCCCCNC(=O)C1CCN(C(=O)C2CC(c3ccc(Cl)s3)=NO2)CC1. The second-order valence-corrected chi connectivity index (χ2v) is 8.75. The van der Waals surface area contributed by atoms with Crippen molar-refractivity contribution in [2.24, 2.45) is 11.1 Å². The molecule has 2 aliphatic rings. The Bertz CT molecular complexity index is 698. The largest absolute Gasteiger partial charge is 0.382 e. The molecule has 6 nitrogen and oxygen atoms in total. The summed E-state index contributed by atoms with van der Waals surface area (Å²) in [7, 11) is 0. The van der Waals surface area contributed by atoms with Crippen LogP contribution in [0.3, 0.4) is 0 Å². The van der Waals surface area contributed by atoms with Crippen LogP contribution in [0.1, 0.15) is 50.3 Å². The maximum Gasteiger partial charge on any atom is 0.266 e. The number of rotatable bonds is 7. The molecule has 0 bridgehead atoms. The number of unbranched alkanes of at least 4 members (excludes halogenated alkanes) is 2. The molecule has 2 aliphatic heterocycles.